The molecule has 2 N–H and O–H groups in total. The van der Waals surface area contributed by atoms with Crippen molar-refractivity contribution in [3.63, 3.8) is 0 Å². The van der Waals surface area contributed by atoms with Crippen molar-refractivity contribution in [2.24, 2.45) is 11.7 Å². The Morgan fingerprint density at radius 2 is 2.26 bits per heavy atom. The summed E-state index contributed by atoms with van der Waals surface area (Å²) in [5.74, 6) is 0.580. The van der Waals surface area contributed by atoms with Crippen LogP contribution < -0.4 is 5.73 Å². The molecule has 2 unspecified atom stereocenters. The molecule has 7 heteroatoms. The van der Waals surface area contributed by atoms with Crippen LogP contribution in [0.5, 0.6) is 0 Å². The molecule has 1 aliphatic rings. The predicted molar refractivity (Wildman–Crippen MR) is 95.3 cm³/mol. The highest BCUT2D eigenvalue weighted by Gasteiger charge is 2.23. The van der Waals surface area contributed by atoms with Gasteiger partial charge in [-0.15, -0.1) is 12.4 Å². The largest absolute Gasteiger partial charge is 0.328 e. The van der Waals surface area contributed by atoms with E-state index in [1.54, 1.807) is 11.0 Å². The molecule has 23 heavy (non-hydrogen) atoms. The predicted octanol–water partition coefficient (Wildman–Crippen LogP) is 2.90. The summed E-state index contributed by atoms with van der Waals surface area (Å²) in [5, 5.41) is 4.94. The SMILES string of the molecule is CC(N)C1CCCN(Cc2ccc(Cl)cc2-n2cncn2)C1.Cl. The van der Waals surface area contributed by atoms with Gasteiger partial charge in [0.2, 0.25) is 0 Å². The normalized spacial score (nSPS) is 20.0. The van der Waals surface area contributed by atoms with Crippen LogP contribution in [-0.4, -0.2) is 38.8 Å². The van der Waals surface area contributed by atoms with Crippen LogP contribution in [0.2, 0.25) is 5.02 Å². The smallest absolute Gasteiger partial charge is 0.138 e. The molecule has 2 heterocycles. The van der Waals surface area contributed by atoms with E-state index in [1.807, 2.05) is 12.1 Å². The van der Waals surface area contributed by atoms with Gasteiger partial charge in [-0.1, -0.05) is 17.7 Å². The van der Waals surface area contributed by atoms with Gasteiger partial charge in [0.15, 0.2) is 0 Å². The van der Waals surface area contributed by atoms with Crippen LogP contribution in [-0.2, 0) is 6.54 Å². The van der Waals surface area contributed by atoms with Gasteiger partial charge in [0.1, 0.15) is 12.7 Å². The van der Waals surface area contributed by atoms with Crippen LogP contribution in [0.4, 0.5) is 0 Å². The van der Waals surface area contributed by atoms with E-state index in [1.165, 1.54) is 24.7 Å². The summed E-state index contributed by atoms with van der Waals surface area (Å²) < 4.78 is 1.77. The van der Waals surface area contributed by atoms with Crippen LogP contribution >= 0.6 is 24.0 Å². The second kappa shape index (κ2) is 8.11. The molecule has 1 fully saturated rings. The number of hydrogen-bond donors (Lipinski definition) is 1. The number of aromatic nitrogens is 3. The summed E-state index contributed by atoms with van der Waals surface area (Å²) in [6.07, 6.45) is 5.68. The van der Waals surface area contributed by atoms with Crippen molar-refractivity contribution >= 4 is 24.0 Å². The van der Waals surface area contributed by atoms with E-state index in [0.29, 0.717) is 10.9 Å². The lowest BCUT2D eigenvalue weighted by molar-refractivity contribution is 0.154. The maximum Gasteiger partial charge on any atom is 0.138 e. The molecule has 1 aromatic heterocycles. The molecule has 1 aliphatic heterocycles. The molecule has 0 amide bonds. The van der Waals surface area contributed by atoms with Crippen molar-refractivity contribution in [2.45, 2.75) is 32.4 Å². The molecule has 0 saturated carbocycles. The maximum atomic E-state index is 6.15. The zero-order chi connectivity index (χ0) is 15.5. The fraction of sp³-hybridized carbons (Fsp3) is 0.500. The lowest BCUT2D eigenvalue weighted by Crippen LogP contribution is -2.42. The number of piperidine rings is 1. The quantitative estimate of drug-likeness (QED) is 0.915. The van der Waals surface area contributed by atoms with E-state index in [4.69, 9.17) is 17.3 Å². The third-order valence-corrected chi connectivity index (χ3v) is 4.63. The van der Waals surface area contributed by atoms with Gasteiger partial charge in [-0.2, -0.15) is 5.10 Å². The average molecular weight is 356 g/mol. The van der Waals surface area contributed by atoms with Gasteiger partial charge < -0.3 is 5.73 Å². The van der Waals surface area contributed by atoms with E-state index in [-0.39, 0.29) is 18.4 Å². The molecule has 2 aromatic rings. The molecule has 0 spiro atoms. The number of nitrogens with zero attached hydrogens (tertiary/aromatic N) is 4. The summed E-state index contributed by atoms with van der Waals surface area (Å²) in [6.45, 7) is 5.16. The summed E-state index contributed by atoms with van der Waals surface area (Å²) >= 11 is 6.15. The second-order valence-electron chi connectivity index (χ2n) is 6.11. The minimum atomic E-state index is 0. The molecule has 3 rings (SSSR count). The van der Waals surface area contributed by atoms with E-state index < -0.39 is 0 Å². The van der Waals surface area contributed by atoms with Crippen molar-refractivity contribution in [1.29, 1.82) is 0 Å². The Balaban J connectivity index is 0.00000192. The Morgan fingerprint density at radius 1 is 1.43 bits per heavy atom. The van der Waals surface area contributed by atoms with Crippen LogP contribution in [0, 0.1) is 5.92 Å². The summed E-state index contributed by atoms with van der Waals surface area (Å²) in [4.78, 5) is 6.50. The summed E-state index contributed by atoms with van der Waals surface area (Å²) in [7, 11) is 0. The number of halogens is 2. The summed E-state index contributed by atoms with van der Waals surface area (Å²) in [6, 6.07) is 6.21. The van der Waals surface area contributed by atoms with Crippen molar-refractivity contribution in [2.75, 3.05) is 13.1 Å². The van der Waals surface area contributed by atoms with Gasteiger partial charge in [0, 0.05) is 24.2 Å². The Labute approximate surface area is 148 Å². The molecule has 126 valence electrons. The van der Waals surface area contributed by atoms with Crippen molar-refractivity contribution in [1.82, 2.24) is 19.7 Å². The second-order valence-corrected chi connectivity index (χ2v) is 6.55. The van der Waals surface area contributed by atoms with Crippen LogP contribution in [0.15, 0.2) is 30.9 Å². The first-order valence-electron chi connectivity index (χ1n) is 7.75. The van der Waals surface area contributed by atoms with Gasteiger partial charge in [-0.25, -0.2) is 9.67 Å². The summed E-state index contributed by atoms with van der Waals surface area (Å²) in [5.41, 5.74) is 8.29. The Bertz CT molecular complexity index is 615. The zero-order valence-electron chi connectivity index (χ0n) is 13.2. The van der Waals surface area contributed by atoms with Crippen molar-refractivity contribution in [3.05, 3.63) is 41.4 Å². The van der Waals surface area contributed by atoms with E-state index in [2.05, 4.69) is 28.0 Å². The number of benzene rings is 1. The third kappa shape index (κ3) is 4.44. The van der Waals surface area contributed by atoms with Crippen LogP contribution in [0.25, 0.3) is 5.69 Å². The van der Waals surface area contributed by atoms with Gasteiger partial charge >= 0.3 is 0 Å². The molecule has 0 bridgehead atoms. The first kappa shape index (κ1) is 18.2. The van der Waals surface area contributed by atoms with Gasteiger partial charge in [0.25, 0.3) is 0 Å². The van der Waals surface area contributed by atoms with E-state index in [9.17, 15) is 0 Å². The van der Waals surface area contributed by atoms with Gasteiger partial charge in [-0.3, -0.25) is 4.90 Å². The van der Waals surface area contributed by atoms with Crippen molar-refractivity contribution in [3.8, 4) is 5.69 Å². The van der Waals surface area contributed by atoms with Crippen molar-refractivity contribution < 1.29 is 0 Å². The number of likely N-dealkylation sites (tertiary alicyclic amines) is 1. The number of nitrogens with two attached hydrogens (primary N) is 1. The molecular weight excluding hydrogens is 333 g/mol. The number of rotatable bonds is 4. The molecule has 5 nitrogen and oxygen atoms in total. The topological polar surface area (TPSA) is 60.0 Å². The first-order chi connectivity index (χ1) is 10.6. The highest BCUT2D eigenvalue weighted by atomic mass is 35.5. The van der Waals surface area contributed by atoms with Crippen LogP contribution in [0.1, 0.15) is 25.3 Å². The lowest BCUT2D eigenvalue weighted by Gasteiger charge is -2.35. The standard InChI is InChI=1S/C16H22ClN5.ClH/c1-12(18)13-3-2-6-21(8-13)9-14-4-5-15(17)7-16(14)22-11-19-10-20-22;/h4-5,7,10-13H,2-3,6,8-9,18H2,1H3;1H. The zero-order valence-corrected chi connectivity index (χ0v) is 14.8. The Hall–Kier alpha value is -1.14. The van der Waals surface area contributed by atoms with Gasteiger partial charge in [-0.05, 0) is 49.9 Å². The third-order valence-electron chi connectivity index (χ3n) is 4.39. The Kier molecular flexibility index (Phi) is 6.41. The lowest BCUT2D eigenvalue weighted by atomic mass is 9.92. The monoisotopic (exact) mass is 355 g/mol. The highest BCUT2D eigenvalue weighted by molar-refractivity contribution is 6.30. The fourth-order valence-electron chi connectivity index (χ4n) is 3.12. The minimum absolute atomic E-state index is 0. The molecule has 0 aliphatic carbocycles. The maximum absolute atomic E-state index is 6.15. The molecular formula is C16H23Cl2N5. The van der Waals surface area contributed by atoms with Gasteiger partial charge in [0.05, 0.1) is 5.69 Å². The van der Waals surface area contributed by atoms with Crippen LogP contribution in [0.3, 0.4) is 0 Å². The Morgan fingerprint density at radius 3 is 2.96 bits per heavy atom. The molecule has 1 aromatic carbocycles. The molecule has 0 radical (unpaired) electrons. The fourth-order valence-corrected chi connectivity index (χ4v) is 3.29. The average Bonchev–Trinajstić information content (AvgIpc) is 3.03. The van der Waals surface area contributed by atoms with E-state index in [0.717, 1.165) is 25.3 Å². The molecule has 2 atom stereocenters. The highest BCUT2D eigenvalue weighted by Crippen LogP contribution is 2.24. The first-order valence-corrected chi connectivity index (χ1v) is 8.12. The number of hydrogen-bond acceptors (Lipinski definition) is 4. The molecule has 1 saturated heterocycles. The van der Waals surface area contributed by atoms with E-state index >= 15 is 0 Å². The minimum Gasteiger partial charge on any atom is -0.328 e.